The number of hydrogen-bond acceptors (Lipinski definition) is 7. The van der Waals surface area contributed by atoms with Crippen molar-refractivity contribution in [3.8, 4) is 6.07 Å². The fourth-order valence-electron chi connectivity index (χ4n) is 3.94. The fourth-order valence-corrected chi connectivity index (χ4v) is 4.56. The van der Waals surface area contributed by atoms with Gasteiger partial charge in [0.15, 0.2) is 14.9 Å². The molecule has 0 N–H and O–H groups in total. The van der Waals surface area contributed by atoms with Gasteiger partial charge in [0.2, 0.25) is 0 Å². The number of aliphatic imine (C=N–C) groups is 1. The van der Waals surface area contributed by atoms with Crippen LogP contribution in [0.15, 0.2) is 35.6 Å². The van der Waals surface area contributed by atoms with Crippen LogP contribution in [-0.2, 0) is 13.8 Å². The summed E-state index contributed by atoms with van der Waals surface area (Å²) in [5, 5.41) is 10.6. The van der Waals surface area contributed by atoms with E-state index >= 15 is 0 Å². The lowest BCUT2D eigenvalue weighted by atomic mass is 10.1. The number of nitriles is 1. The number of hydrogen-bond donors (Lipinski definition) is 0. The van der Waals surface area contributed by atoms with E-state index in [9.17, 15) is 0 Å². The monoisotopic (exact) mass is 454 g/mol. The highest BCUT2D eigenvalue weighted by Gasteiger charge is 2.37. The van der Waals surface area contributed by atoms with E-state index in [4.69, 9.17) is 19.0 Å². The van der Waals surface area contributed by atoms with E-state index < -0.39 is 0 Å². The molecule has 1 saturated heterocycles. The van der Waals surface area contributed by atoms with Crippen LogP contribution < -0.4 is 0 Å². The van der Waals surface area contributed by atoms with Crippen LogP contribution in [0.4, 0.5) is 5.82 Å². The van der Waals surface area contributed by atoms with E-state index in [0.717, 1.165) is 28.4 Å². The van der Waals surface area contributed by atoms with Gasteiger partial charge in [-0.25, -0.2) is 15.0 Å². The molecule has 1 aliphatic heterocycles. The van der Waals surface area contributed by atoms with Gasteiger partial charge in [0, 0.05) is 25.9 Å². The normalized spacial score (nSPS) is 21.4. The Morgan fingerprint density at radius 1 is 1.38 bits per heavy atom. The van der Waals surface area contributed by atoms with Gasteiger partial charge in [-0.2, -0.15) is 5.26 Å². The standard InChI is InChI=1S/C22H27N6O3P/c1-4-17-18(31-32-29-11-7-10-23)12-19(30-17)28-16-9-6-5-8-15(16)20-21(26-14-27(2)3)24-13-25-22(20)28/h5-6,8-9,13-14,17-19,32H,4,7,11-12H2,1-3H3/t17-,18?,19-/m1/s1. The molecule has 3 aromatic rings. The maximum absolute atomic E-state index is 8.64. The Hall–Kier alpha value is -2.63. The summed E-state index contributed by atoms with van der Waals surface area (Å²) in [6.07, 6.45) is 4.80. The Kier molecular flexibility index (Phi) is 7.28. The van der Waals surface area contributed by atoms with Crippen molar-refractivity contribution in [1.29, 1.82) is 5.26 Å². The molecule has 0 aliphatic carbocycles. The fraction of sp³-hybridized carbons (Fsp3) is 0.455. The zero-order valence-corrected chi connectivity index (χ0v) is 19.4. The summed E-state index contributed by atoms with van der Waals surface area (Å²) in [5.74, 6) is 0.629. The topological polar surface area (TPSA) is 97.8 Å². The van der Waals surface area contributed by atoms with Gasteiger partial charge in [0.25, 0.3) is 0 Å². The molecule has 1 fully saturated rings. The average Bonchev–Trinajstić information content (AvgIpc) is 3.36. The number of aromatic nitrogens is 3. The predicted octanol–water partition coefficient (Wildman–Crippen LogP) is 4.33. The third-order valence-corrected chi connectivity index (χ3v) is 6.05. The number of benzene rings is 1. The minimum absolute atomic E-state index is 0.0450. The zero-order chi connectivity index (χ0) is 22.5. The van der Waals surface area contributed by atoms with Gasteiger partial charge in [-0.15, -0.1) is 0 Å². The van der Waals surface area contributed by atoms with Crippen molar-refractivity contribution in [2.24, 2.45) is 4.99 Å². The third-order valence-electron chi connectivity index (χ3n) is 5.32. The summed E-state index contributed by atoms with van der Waals surface area (Å²) in [7, 11) is 3.74. The molecule has 10 heteroatoms. The minimum atomic E-state index is -0.225. The van der Waals surface area contributed by atoms with E-state index in [2.05, 4.69) is 44.7 Å². The molecule has 168 valence electrons. The second-order valence-corrected chi connectivity index (χ2v) is 8.45. The SMILES string of the molecule is CC[C@H]1O[C@@H](n2c3ccccc3c3c(N=CN(C)C)ncnc32)CC1OPOCCC#N. The Labute approximate surface area is 189 Å². The van der Waals surface area contributed by atoms with Gasteiger partial charge in [0.05, 0.1) is 48.5 Å². The first kappa shape index (κ1) is 22.6. The Bertz CT molecular complexity index is 1140. The van der Waals surface area contributed by atoms with Crippen LogP contribution in [0.3, 0.4) is 0 Å². The van der Waals surface area contributed by atoms with Crippen LogP contribution in [0.25, 0.3) is 21.9 Å². The van der Waals surface area contributed by atoms with Crippen molar-refractivity contribution in [3.63, 3.8) is 0 Å². The number of para-hydroxylation sites is 1. The average molecular weight is 454 g/mol. The Morgan fingerprint density at radius 2 is 2.22 bits per heavy atom. The molecule has 4 atom stereocenters. The van der Waals surface area contributed by atoms with Gasteiger partial charge in [0.1, 0.15) is 18.2 Å². The first-order valence-electron chi connectivity index (χ1n) is 10.6. The van der Waals surface area contributed by atoms with Gasteiger partial charge in [-0.3, -0.25) is 4.57 Å². The highest BCUT2D eigenvalue weighted by molar-refractivity contribution is 7.26. The summed E-state index contributed by atoms with van der Waals surface area (Å²) in [6, 6.07) is 10.2. The first-order chi connectivity index (χ1) is 15.6. The van der Waals surface area contributed by atoms with Gasteiger partial charge < -0.3 is 18.7 Å². The molecular weight excluding hydrogens is 427 g/mol. The van der Waals surface area contributed by atoms with Crippen molar-refractivity contribution < 1.29 is 13.8 Å². The van der Waals surface area contributed by atoms with Gasteiger partial charge in [-0.05, 0) is 12.5 Å². The highest BCUT2D eigenvalue weighted by Crippen LogP contribution is 2.41. The zero-order valence-electron chi connectivity index (χ0n) is 18.4. The molecule has 0 saturated carbocycles. The second-order valence-electron chi connectivity index (χ2n) is 7.76. The molecule has 1 aromatic carbocycles. The molecule has 0 spiro atoms. The van der Waals surface area contributed by atoms with Crippen LogP contribution in [-0.4, -0.2) is 58.7 Å². The summed E-state index contributed by atoms with van der Waals surface area (Å²) in [4.78, 5) is 15.5. The lowest BCUT2D eigenvalue weighted by Gasteiger charge is -2.17. The second kappa shape index (κ2) is 10.3. The lowest BCUT2D eigenvalue weighted by molar-refractivity contribution is -0.0118. The van der Waals surface area contributed by atoms with Crippen LogP contribution in [0.5, 0.6) is 0 Å². The highest BCUT2D eigenvalue weighted by atomic mass is 31.1. The lowest BCUT2D eigenvalue weighted by Crippen LogP contribution is -2.20. The molecule has 3 heterocycles. The van der Waals surface area contributed by atoms with E-state index in [1.54, 1.807) is 12.7 Å². The van der Waals surface area contributed by atoms with Crippen molar-refractivity contribution in [3.05, 3.63) is 30.6 Å². The Morgan fingerprint density at radius 3 is 3.00 bits per heavy atom. The van der Waals surface area contributed by atoms with Crippen LogP contribution in [0.1, 0.15) is 32.4 Å². The van der Waals surface area contributed by atoms with Crippen molar-refractivity contribution in [1.82, 2.24) is 19.4 Å². The van der Waals surface area contributed by atoms with Crippen LogP contribution >= 0.6 is 9.03 Å². The van der Waals surface area contributed by atoms with E-state index in [1.807, 2.05) is 31.1 Å². The predicted molar refractivity (Wildman–Crippen MR) is 125 cm³/mol. The third kappa shape index (κ3) is 4.59. The molecule has 4 rings (SSSR count). The summed E-state index contributed by atoms with van der Waals surface area (Å²) >= 11 is 0. The number of fused-ring (bicyclic) bond motifs is 3. The van der Waals surface area contributed by atoms with E-state index in [1.165, 1.54) is 0 Å². The molecule has 2 unspecified atom stereocenters. The number of ether oxygens (including phenoxy) is 1. The smallest absolute Gasteiger partial charge is 0.166 e. The van der Waals surface area contributed by atoms with Gasteiger partial charge in [-0.1, -0.05) is 25.1 Å². The maximum atomic E-state index is 8.64. The molecule has 9 nitrogen and oxygen atoms in total. The summed E-state index contributed by atoms with van der Waals surface area (Å²) < 4.78 is 20.0. The number of nitrogens with zero attached hydrogens (tertiary/aromatic N) is 6. The number of rotatable bonds is 9. The molecule has 32 heavy (non-hydrogen) atoms. The molecule has 0 radical (unpaired) electrons. The largest absolute Gasteiger partial charge is 0.369 e. The molecule has 0 amide bonds. The Balaban J connectivity index is 1.68. The molecule has 0 bridgehead atoms. The molecule has 2 aromatic heterocycles. The van der Waals surface area contributed by atoms with Crippen molar-refractivity contribution in [2.75, 3.05) is 20.7 Å². The summed E-state index contributed by atoms with van der Waals surface area (Å²) in [6.45, 7) is 2.47. The van der Waals surface area contributed by atoms with Crippen LogP contribution in [0.2, 0.25) is 0 Å². The molecular formula is C22H27N6O3P. The van der Waals surface area contributed by atoms with Gasteiger partial charge >= 0.3 is 0 Å². The van der Waals surface area contributed by atoms with Crippen LogP contribution in [0, 0.1) is 11.3 Å². The minimum Gasteiger partial charge on any atom is -0.369 e. The molecule has 1 aliphatic rings. The van der Waals surface area contributed by atoms with Crippen molar-refractivity contribution in [2.45, 2.75) is 44.6 Å². The quantitative estimate of drug-likeness (QED) is 0.205. The van der Waals surface area contributed by atoms with E-state index in [0.29, 0.717) is 25.3 Å². The van der Waals surface area contributed by atoms with E-state index in [-0.39, 0.29) is 27.5 Å². The van der Waals surface area contributed by atoms with Crippen molar-refractivity contribution >= 4 is 43.1 Å². The maximum Gasteiger partial charge on any atom is 0.166 e. The summed E-state index contributed by atoms with van der Waals surface area (Å²) in [5.41, 5.74) is 1.82. The first-order valence-corrected chi connectivity index (χ1v) is 11.4.